The highest BCUT2D eigenvalue weighted by Gasteiger charge is 2.48. The highest BCUT2D eigenvalue weighted by Crippen LogP contribution is 2.45. The lowest BCUT2D eigenvalue weighted by Gasteiger charge is -2.12. The van der Waals surface area contributed by atoms with Gasteiger partial charge in [-0.25, -0.2) is 0 Å². The van der Waals surface area contributed by atoms with Gasteiger partial charge in [0, 0.05) is 19.8 Å². The van der Waals surface area contributed by atoms with E-state index in [4.69, 9.17) is 5.73 Å². The molecule has 3 N–H and O–H groups in total. The fraction of sp³-hybridized carbons (Fsp3) is 0.636. The predicted molar refractivity (Wildman–Crippen MR) is 61.9 cm³/mol. The molecule has 0 aliphatic heterocycles. The normalized spacial score (nSPS) is 17.2. The fourth-order valence-electron chi connectivity index (χ4n) is 1.83. The highest BCUT2D eigenvalue weighted by molar-refractivity contribution is 5.97. The Hall–Kier alpha value is -1.36. The third kappa shape index (κ3) is 1.82. The molecular weight excluding hydrogens is 204 g/mol. The van der Waals surface area contributed by atoms with Crippen molar-refractivity contribution in [2.24, 2.45) is 18.2 Å². The molecule has 2 rings (SSSR count). The molecule has 1 aliphatic carbocycles. The average Bonchev–Trinajstić information content (AvgIpc) is 2.99. The van der Waals surface area contributed by atoms with Crippen LogP contribution >= 0.6 is 0 Å². The van der Waals surface area contributed by atoms with Crippen molar-refractivity contribution in [2.45, 2.75) is 26.2 Å². The first-order valence-corrected chi connectivity index (χ1v) is 5.65. The predicted octanol–water partition coefficient (Wildman–Crippen LogP) is 0.660. The Labute approximate surface area is 95.0 Å². The molecule has 1 amide bonds. The van der Waals surface area contributed by atoms with Gasteiger partial charge in [0.1, 0.15) is 0 Å². The second-order valence-corrected chi connectivity index (χ2v) is 4.46. The summed E-state index contributed by atoms with van der Waals surface area (Å²) >= 11 is 0. The highest BCUT2D eigenvalue weighted by atomic mass is 16.2. The van der Waals surface area contributed by atoms with E-state index in [9.17, 15) is 4.79 Å². The molecule has 0 saturated heterocycles. The van der Waals surface area contributed by atoms with Gasteiger partial charge in [-0.3, -0.25) is 9.48 Å². The molecule has 0 bridgehead atoms. The standard InChI is InChI=1S/C11H18N4O/c1-3-8-9(6-15(2)14-8)13-10(16)11(7-12)4-5-11/h6H,3-5,7,12H2,1-2H3,(H,13,16). The Morgan fingerprint density at radius 1 is 1.69 bits per heavy atom. The van der Waals surface area contributed by atoms with Gasteiger partial charge < -0.3 is 11.1 Å². The van der Waals surface area contributed by atoms with Crippen LogP contribution in [0.3, 0.4) is 0 Å². The summed E-state index contributed by atoms with van der Waals surface area (Å²) in [6.45, 7) is 2.45. The lowest BCUT2D eigenvalue weighted by Crippen LogP contribution is -2.31. The van der Waals surface area contributed by atoms with Crippen molar-refractivity contribution < 1.29 is 4.79 Å². The first-order valence-electron chi connectivity index (χ1n) is 5.65. The number of nitrogens with zero attached hydrogens (tertiary/aromatic N) is 2. The fourth-order valence-corrected chi connectivity index (χ4v) is 1.83. The summed E-state index contributed by atoms with van der Waals surface area (Å²) in [5.41, 5.74) is 7.05. The lowest BCUT2D eigenvalue weighted by atomic mass is 10.1. The molecule has 0 spiro atoms. The summed E-state index contributed by atoms with van der Waals surface area (Å²) < 4.78 is 1.72. The molecule has 1 heterocycles. The second-order valence-electron chi connectivity index (χ2n) is 4.46. The minimum absolute atomic E-state index is 0.0395. The number of nitrogens with two attached hydrogens (primary N) is 1. The maximum absolute atomic E-state index is 12.0. The molecule has 0 atom stereocenters. The largest absolute Gasteiger partial charge is 0.329 e. The molecule has 1 aliphatic rings. The molecule has 1 aromatic rings. The first-order chi connectivity index (χ1) is 7.61. The number of nitrogens with one attached hydrogen (secondary N) is 1. The summed E-state index contributed by atoms with van der Waals surface area (Å²) in [6, 6.07) is 0. The quantitative estimate of drug-likeness (QED) is 0.786. The topological polar surface area (TPSA) is 72.9 Å². The van der Waals surface area contributed by atoms with Crippen molar-refractivity contribution in [1.82, 2.24) is 9.78 Å². The van der Waals surface area contributed by atoms with Crippen molar-refractivity contribution in [1.29, 1.82) is 0 Å². The zero-order chi connectivity index (χ0) is 11.8. The molecule has 1 aromatic heterocycles. The number of amides is 1. The van der Waals surface area contributed by atoms with Crippen molar-refractivity contribution in [2.75, 3.05) is 11.9 Å². The summed E-state index contributed by atoms with van der Waals surface area (Å²) in [5, 5.41) is 7.21. The van der Waals surface area contributed by atoms with Crippen LogP contribution in [0.5, 0.6) is 0 Å². The van der Waals surface area contributed by atoms with E-state index in [0.717, 1.165) is 30.6 Å². The number of hydrogen-bond donors (Lipinski definition) is 2. The number of aromatic nitrogens is 2. The SMILES string of the molecule is CCc1nn(C)cc1NC(=O)C1(CN)CC1. The van der Waals surface area contributed by atoms with Gasteiger partial charge in [0.2, 0.25) is 5.91 Å². The van der Waals surface area contributed by atoms with Crippen LogP contribution < -0.4 is 11.1 Å². The zero-order valence-electron chi connectivity index (χ0n) is 9.79. The van der Waals surface area contributed by atoms with Gasteiger partial charge >= 0.3 is 0 Å². The number of rotatable bonds is 4. The van der Waals surface area contributed by atoms with Crippen molar-refractivity contribution in [3.8, 4) is 0 Å². The van der Waals surface area contributed by atoms with Gasteiger partial charge in [0.15, 0.2) is 0 Å². The van der Waals surface area contributed by atoms with Crippen LogP contribution in [-0.4, -0.2) is 22.2 Å². The molecule has 16 heavy (non-hydrogen) atoms. The molecule has 0 unspecified atom stereocenters. The van der Waals surface area contributed by atoms with Gasteiger partial charge in [-0.2, -0.15) is 5.10 Å². The smallest absolute Gasteiger partial charge is 0.231 e. The van der Waals surface area contributed by atoms with Gasteiger partial charge in [-0.05, 0) is 19.3 Å². The number of carbonyl (C=O) groups is 1. The van der Waals surface area contributed by atoms with Gasteiger partial charge in [0.25, 0.3) is 0 Å². The molecule has 0 aromatic carbocycles. The van der Waals surface area contributed by atoms with E-state index in [2.05, 4.69) is 10.4 Å². The van der Waals surface area contributed by atoms with Crippen LogP contribution in [0, 0.1) is 5.41 Å². The first kappa shape index (κ1) is 11.1. The maximum Gasteiger partial charge on any atom is 0.231 e. The van der Waals surface area contributed by atoms with E-state index in [1.807, 2.05) is 20.2 Å². The summed E-state index contributed by atoms with van der Waals surface area (Å²) in [4.78, 5) is 12.0. The molecule has 1 fully saturated rings. The van der Waals surface area contributed by atoms with E-state index >= 15 is 0 Å². The Bertz CT molecular complexity index is 406. The Morgan fingerprint density at radius 3 is 2.88 bits per heavy atom. The summed E-state index contributed by atoms with van der Waals surface area (Å²) in [6.07, 6.45) is 4.45. The molecular formula is C11H18N4O. The number of carbonyl (C=O) groups excluding carboxylic acids is 1. The van der Waals surface area contributed by atoms with Crippen LogP contribution in [0.25, 0.3) is 0 Å². The van der Waals surface area contributed by atoms with Gasteiger partial charge in [-0.1, -0.05) is 6.92 Å². The van der Waals surface area contributed by atoms with Crippen LogP contribution in [0.4, 0.5) is 5.69 Å². The number of aryl methyl sites for hydroxylation is 2. The zero-order valence-corrected chi connectivity index (χ0v) is 9.79. The number of hydrogen-bond acceptors (Lipinski definition) is 3. The third-order valence-corrected chi connectivity index (χ3v) is 3.21. The summed E-state index contributed by atoms with van der Waals surface area (Å²) in [7, 11) is 1.85. The molecule has 5 heteroatoms. The van der Waals surface area contributed by atoms with E-state index in [0.29, 0.717) is 6.54 Å². The van der Waals surface area contributed by atoms with E-state index in [-0.39, 0.29) is 11.3 Å². The monoisotopic (exact) mass is 222 g/mol. The third-order valence-electron chi connectivity index (χ3n) is 3.21. The molecule has 88 valence electrons. The Balaban J connectivity index is 2.11. The Kier molecular flexibility index (Phi) is 2.71. The molecule has 0 radical (unpaired) electrons. The summed E-state index contributed by atoms with van der Waals surface area (Å²) in [5.74, 6) is 0.0395. The average molecular weight is 222 g/mol. The van der Waals surface area contributed by atoms with Gasteiger partial charge in [0.05, 0.1) is 16.8 Å². The lowest BCUT2D eigenvalue weighted by molar-refractivity contribution is -0.120. The molecule has 1 saturated carbocycles. The van der Waals surface area contributed by atoms with Gasteiger partial charge in [-0.15, -0.1) is 0 Å². The minimum atomic E-state index is -0.305. The van der Waals surface area contributed by atoms with Crippen molar-refractivity contribution in [3.05, 3.63) is 11.9 Å². The maximum atomic E-state index is 12.0. The Morgan fingerprint density at radius 2 is 2.38 bits per heavy atom. The van der Waals surface area contributed by atoms with Crippen LogP contribution in [0.2, 0.25) is 0 Å². The second kappa shape index (κ2) is 3.90. The van der Waals surface area contributed by atoms with Crippen LogP contribution in [0.15, 0.2) is 6.20 Å². The minimum Gasteiger partial charge on any atom is -0.329 e. The number of anilines is 1. The van der Waals surface area contributed by atoms with Crippen LogP contribution in [0.1, 0.15) is 25.5 Å². The van der Waals surface area contributed by atoms with Crippen molar-refractivity contribution >= 4 is 11.6 Å². The van der Waals surface area contributed by atoms with E-state index in [1.54, 1.807) is 4.68 Å². The van der Waals surface area contributed by atoms with E-state index in [1.165, 1.54) is 0 Å². The van der Waals surface area contributed by atoms with Crippen molar-refractivity contribution in [3.63, 3.8) is 0 Å². The van der Waals surface area contributed by atoms with E-state index < -0.39 is 0 Å². The van der Waals surface area contributed by atoms with Crippen LogP contribution in [-0.2, 0) is 18.3 Å². The molecule has 5 nitrogen and oxygen atoms in total.